The van der Waals surface area contributed by atoms with Crippen LogP contribution in [0.4, 0.5) is 5.13 Å². The van der Waals surface area contributed by atoms with Crippen LogP contribution in [0, 0.1) is 18.8 Å². The summed E-state index contributed by atoms with van der Waals surface area (Å²) >= 11 is 1.72. The van der Waals surface area contributed by atoms with Crippen LogP contribution in [-0.2, 0) is 4.79 Å². The maximum absolute atomic E-state index is 12.7. The number of aryl methyl sites for hydroxylation is 1. The molecule has 7 heteroatoms. The topological polar surface area (TPSA) is 65.9 Å². The maximum Gasteiger partial charge on any atom is 0.253 e. The molecule has 5 rings (SSSR count). The van der Waals surface area contributed by atoms with Gasteiger partial charge in [0.25, 0.3) is 5.91 Å². The molecular weight excluding hydrogens is 482 g/mol. The molecule has 6 nitrogen and oxygen atoms in total. The first kappa shape index (κ1) is 25.7. The molecule has 2 heterocycles. The fourth-order valence-electron chi connectivity index (χ4n) is 5.46. The summed E-state index contributed by atoms with van der Waals surface area (Å²) in [7, 11) is 1.78. The Morgan fingerprint density at radius 1 is 1.27 bits per heavy atom. The van der Waals surface area contributed by atoms with Crippen molar-refractivity contribution in [1.82, 2.24) is 9.88 Å². The number of rotatable bonds is 9. The van der Waals surface area contributed by atoms with Crippen molar-refractivity contribution in [2.75, 3.05) is 44.8 Å². The monoisotopic (exact) mass is 519 g/mol. The fraction of sp³-hybridized carbons (Fsp3) is 0.467. The molecule has 3 aliphatic rings. The van der Waals surface area contributed by atoms with Gasteiger partial charge in [-0.3, -0.25) is 4.79 Å². The number of thiazole rings is 1. The van der Waals surface area contributed by atoms with E-state index < -0.39 is 0 Å². The smallest absolute Gasteiger partial charge is 0.253 e. The van der Waals surface area contributed by atoms with Crippen molar-refractivity contribution in [3.05, 3.63) is 64.1 Å². The van der Waals surface area contributed by atoms with E-state index in [1.54, 1.807) is 28.9 Å². The van der Waals surface area contributed by atoms with Crippen LogP contribution in [0.1, 0.15) is 38.2 Å². The molecule has 37 heavy (non-hydrogen) atoms. The van der Waals surface area contributed by atoms with E-state index in [1.165, 1.54) is 18.4 Å². The average Bonchev–Trinajstić information content (AvgIpc) is 3.52. The first-order chi connectivity index (χ1) is 17.9. The molecule has 0 radical (unpaired) electrons. The predicted octanol–water partition coefficient (Wildman–Crippen LogP) is 5.39. The Balaban J connectivity index is 1.25. The second kappa shape index (κ2) is 11.2. The number of piperidine rings is 1. The van der Waals surface area contributed by atoms with Gasteiger partial charge in [-0.25, -0.2) is 4.98 Å². The van der Waals surface area contributed by atoms with E-state index in [9.17, 15) is 4.79 Å². The number of aromatic nitrogens is 1. The minimum atomic E-state index is 0.00493. The van der Waals surface area contributed by atoms with Crippen molar-refractivity contribution in [1.29, 1.82) is 0 Å². The minimum absolute atomic E-state index is 0.00493. The molecule has 1 aliphatic heterocycles. The molecule has 0 spiro atoms. The van der Waals surface area contributed by atoms with Gasteiger partial charge in [0.1, 0.15) is 5.75 Å². The second-order valence-electron chi connectivity index (χ2n) is 10.7. The lowest BCUT2D eigenvalue weighted by atomic mass is 9.89. The molecule has 0 saturated carbocycles. The summed E-state index contributed by atoms with van der Waals surface area (Å²) in [5.74, 6) is 1.82. The van der Waals surface area contributed by atoms with Crippen LogP contribution in [0.5, 0.6) is 5.75 Å². The van der Waals surface area contributed by atoms with E-state index in [2.05, 4.69) is 48.4 Å². The summed E-state index contributed by atoms with van der Waals surface area (Å²) in [5, 5.41) is 12.3. The molecule has 1 saturated heterocycles. The van der Waals surface area contributed by atoms with Gasteiger partial charge in [0, 0.05) is 55.7 Å². The minimum Gasteiger partial charge on any atom is -0.492 e. The molecule has 1 amide bonds. The van der Waals surface area contributed by atoms with Crippen LogP contribution in [-0.4, -0.2) is 60.8 Å². The molecule has 196 valence electrons. The van der Waals surface area contributed by atoms with Crippen molar-refractivity contribution in [2.45, 2.75) is 39.5 Å². The Kier molecular flexibility index (Phi) is 7.81. The zero-order valence-electron chi connectivity index (χ0n) is 22.1. The van der Waals surface area contributed by atoms with Gasteiger partial charge in [0.05, 0.1) is 12.3 Å². The molecule has 2 atom stereocenters. The molecule has 1 unspecified atom stereocenters. The predicted molar refractivity (Wildman–Crippen MR) is 150 cm³/mol. The van der Waals surface area contributed by atoms with Gasteiger partial charge < -0.3 is 19.6 Å². The number of aliphatic hydroxyl groups excluding tert-OH is 1. The number of fused-ring (bicyclic) bond motifs is 2. The number of hydrogen-bond acceptors (Lipinski definition) is 6. The second-order valence-corrected chi connectivity index (χ2v) is 11.5. The number of hydrogen-bond donors (Lipinski definition) is 1. The van der Waals surface area contributed by atoms with Crippen LogP contribution < -0.4 is 9.64 Å². The van der Waals surface area contributed by atoms with Gasteiger partial charge in [-0.1, -0.05) is 41.0 Å². The van der Waals surface area contributed by atoms with E-state index >= 15 is 0 Å². The lowest BCUT2D eigenvalue weighted by molar-refractivity contribution is -0.125. The van der Waals surface area contributed by atoms with Crippen molar-refractivity contribution in [3.63, 3.8) is 0 Å². The van der Waals surface area contributed by atoms with E-state index in [0.717, 1.165) is 58.7 Å². The van der Waals surface area contributed by atoms with Crippen LogP contribution in [0.25, 0.3) is 11.3 Å². The van der Waals surface area contributed by atoms with Crippen molar-refractivity contribution in [3.8, 4) is 17.0 Å². The number of ether oxygens (including phenoxy) is 1. The van der Waals surface area contributed by atoms with E-state index in [0.29, 0.717) is 19.6 Å². The Hall–Kier alpha value is -2.90. The lowest BCUT2D eigenvalue weighted by Gasteiger charge is -2.29. The number of amides is 1. The van der Waals surface area contributed by atoms with Gasteiger partial charge in [0.2, 0.25) is 0 Å². The van der Waals surface area contributed by atoms with Gasteiger partial charge in [-0.15, -0.1) is 11.3 Å². The zero-order chi connectivity index (χ0) is 25.9. The molecule has 2 bridgehead atoms. The number of carbonyl (C=O) groups excluding carboxylic acids is 1. The number of aliphatic hydroxyl groups is 1. The Labute approximate surface area is 224 Å². The summed E-state index contributed by atoms with van der Waals surface area (Å²) in [4.78, 5) is 21.9. The van der Waals surface area contributed by atoms with E-state index in [-0.39, 0.29) is 18.4 Å². The zero-order valence-corrected chi connectivity index (χ0v) is 22.9. The molecule has 2 aliphatic carbocycles. The average molecular weight is 520 g/mol. The Morgan fingerprint density at radius 2 is 2.14 bits per heavy atom. The quantitative estimate of drug-likeness (QED) is 0.450. The summed E-state index contributed by atoms with van der Waals surface area (Å²) in [6.07, 6.45) is 10.2. The third-order valence-electron chi connectivity index (χ3n) is 7.67. The van der Waals surface area contributed by atoms with Crippen molar-refractivity contribution >= 4 is 22.4 Å². The third kappa shape index (κ3) is 5.83. The van der Waals surface area contributed by atoms with Gasteiger partial charge in [0.15, 0.2) is 5.13 Å². The Morgan fingerprint density at radius 3 is 2.92 bits per heavy atom. The van der Waals surface area contributed by atoms with Gasteiger partial charge in [-0.2, -0.15) is 0 Å². The summed E-state index contributed by atoms with van der Waals surface area (Å²) < 4.78 is 6.40. The van der Waals surface area contributed by atoms with Gasteiger partial charge >= 0.3 is 0 Å². The van der Waals surface area contributed by atoms with Crippen molar-refractivity contribution < 1.29 is 14.6 Å². The SMILES string of the molecule is CC1=CC(C(=O)N(C)CCCO)=CCC1COc1ccc(C)cc1-c1csc(N2CC3=CC[C@H](C3)C2)n1. The highest BCUT2D eigenvalue weighted by Gasteiger charge is 2.28. The molecule has 1 aromatic carbocycles. The highest BCUT2D eigenvalue weighted by molar-refractivity contribution is 7.14. The highest BCUT2D eigenvalue weighted by atomic mass is 32.1. The summed E-state index contributed by atoms with van der Waals surface area (Å²) in [6, 6.07) is 6.31. The normalized spacial score (nSPS) is 20.9. The number of nitrogens with zero attached hydrogens (tertiary/aromatic N) is 3. The van der Waals surface area contributed by atoms with Crippen LogP contribution in [0.15, 0.2) is 58.5 Å². The van der Waals surface area contributed by atoms with Crippen LogP contribution in [0.3, 0.4) is 0 Å². The number of allylic oxidation sites excluding steroid dienone is 2. The largest absolute Gasteiger partial charge is 0.492 e. The number of carbonyl (C=O) groups is 1. The Bertz CT molecular complexity index is 1240. The van der Waals surface area contributed by atoms with Crippen LogP contribution >= 0.6 is 11.3 Å². The fourth-order valence-corrected chi connectivity index (χ4v) is 6.29. The van der Waals surface area contributed by atoms with E-state index in [4.69, 9.17) is 14.8 Å². The van der Waals surface area contributed by atoms with Crippen LogP contribution in [0.2, 0.25) is 0 Å². The highest BCUT2D eigenvalue weighted by Crippen LogP contribution is 2.38. The molecule has 2 aromatic rings. The van der Waals surface area contributed by atoms with E-state index in [1.807, 2.05) is 12.2 Å². The molecule has 1 N–H and O–H groups in total. The molecule has 1 aromatic heterocycles. The van der Waals surface area contributed by atoms with Crippen molar-refractivity contribution in [2.24, 2.45) is 11.8 Å². The summed E-state index contributed by atoms with van der Waals surface area (Å²) in [5.41, 5.74) is 6.63. The number of anilines is 1. The van der Waals surface area contributed by atoms with Gasteiger partial charge in [-0.05, 0) is 57.6 Å². The lowest BCUT2D eigenvalue weighted by Crippen LogP contribution is -2.34. The maximum atomic E-state index is 12.7. The molecular formula is C30H37N3O3S. The number of likely N-dealkylation sites (N-methyl/N-ethyl adjacent to an activating group) is 1. The standard InChI is InChI=1S/C30H37N3O3S/c1-20-5-10-28(36-18-25-9-8-24(14-21(25)2)29(35)32(3)11-4-12-34)26(13-20)27-19-37-30(31-27)33-16-22-6-7-23(15-22)17-33/h5-6,8,10,13-14,19,23,25,34H,4,7,9,11-12,15-18H2,1-3H3/t23-,25?/m1/s1. The first-order valence-corrected chi connectivity index (χ1v) is 14.2. The molecule has 1 fully saturated rings. The third-order valence-corrected chi connectivity index (χ3v) is 8.57. The summed E-state index contributed by atoms with van der Waals surface area (Å²) in [6.45, 7) is 7.46. The first-order valence-electron chi connectivity index (χ1n) is 13.3. The number of benzene rings is 1.